The summed E-state index contributed by atoms with van der Waals surface area (Å²) in [4.78, 5) is 8.75. The van der Waals surface area contributed by atoms with E-state index in [-0.39, 0.29) is 5.41 Å². The van der Waals surface area contributed by atoms with Crippen LogP contribution in [0, 0.1) is 3.57 Å². The maximum atomic E-state index is 5.91. The highest BCUT2D eigenvalue weighted by atomic mass is 127. The lowest BCUT2D eigenvalue weighted by atomic mass is 9.92. The minimum Gasteiger partial charge on any atom is -0.383 e. The minimum absolute atomic E-state index is 0.0912. The van der Waals surface area contributed by atoms with Crippen LogP contribution in [0.15, 0.2) is 6.20 Å². The van der Waals surface area contributed by atoms with E-state index < -0.39 is 0 Å². The molecule has 2 aromatic heterocycles. The Hall–Kier alpha value is -1.25. The maximum Gasteiger partial charge on any atom is 0.184 e. The van der Waals surface area contributed by atoms with Crippen molar-refractivity contribution in [1.82, 2.24) is 25.4 Å². The number of nitrogens with one attached hydrogen (secondary N) is 1. The smallest absolute Gasteiger partial charge is 0.184 e. The zero-order chi connectivity index (χ0) is 12.6. The van der Waals surface area contributed by atoms with Crippen molar-refractivity contribution >= 4 is 28.4 Å². The highest BCUT2D eigenvalue weighted by Crippen LogP contribution is 2.29. The summed E-state index contributed by atoms with van der Waals surface area (Å²) in [6.07, 6.45) is 1.58. The molecule has 0 unspecified atom stereocenters. The highest BCUT2D eigenvalue weighted by molar-refractivity contribution is 14.1. The van der Waals surface area contributed by atoms with Crippen LogP contribution in [0.1, 0.15) is 26.5 Å². The van der Waals surface area contributed by atoms with E-state index in [0.717, 1.165) is 9.26 Å². The first kappa shape index (κ1) is 12.2. The van der Waals surface area contributed by atoms with E-state index in [4.69, 9.17) is 5.73 Å². The Kier molecular flexibility index (Phi) is 3.02. The number of hydrogen-bond donors (Lipinski definition) is 2. The van der Waals surface area contributed by atoms with Crippen LogP contribution in [-0.4, -0.2) is 25.4 Å². The Balaban J connectivity index is 2.62. The predicted octanol–water partition coefficient (Wildman–Crippen LogP) is 1.75. The number of halogens is 1. The quantitative estimate of drug-likeness (QED) is 0.769. The minimum atomic E-state index is -0.0912. The molecule has 0 aromatic carbocycles. The van der Waals surface area contributed by atoms with Gasteiger partial charge in [0, 0.05) is 5.41 Å². The molecule has 0 bridgehead atoms. The van der Waals surface area contributed by atoms with E-state index in [1.165, 1.54) is 0 Å². The van der Waals surface area contributed by atoms with E-state index in [9.17, 15) is 0 Å². The monoisotopic (exact) mass is 344 g/mol. The van der Waals surface area contributed by atoms with Crippen molar-refractivity contribution in [3.63, 3.8) is 0 Å². The molecular weight excluding hydrogens is 331 g/mol. The lowest BCUT2D eigenvalue weighted by Crippen LogP contribution is -2.18. The van der Waals surface area contributed by atoms with Gasteiger partial charge in [-0.2, -0.15) is 15.4 Å². The Morgan fingerprint density at radius 2 is 2.00 bits per heavy atom. The number of rotatable bonds is 1. The molecule has 0 saturated heterocycles. The Morgan fingerprint density at radius 1 is 1.29 bits per heavy atom. The first-order valence-electron chi connectivity index (χ1n) is 5.09. The summed E-state index contributed by atoms with van der Waals surface area (Å²) in [7, 11) is 0. The fourth-order valence-electron chi connectivity index (χ4n) is 1.39. The molecule has 0 fully saturated rings. The maximum absolute atomic E-state index is 5.91. The number of nitrogens with zero attached hydrogens (tertiary/aromatic N) is 4. The highest BCUT2D eigenvalue weighted by Gasteiger charge is 2.23. The van der Waals surface area contributed by atoms with Crippen LogP contribution in [0.3, 0.4) is 0 Å². The number of nitrogen functional groups attached to an aromatic ring is 1. The third-order valence-electron chi connectivity index (χ3n) is 2.23. The normalized spacial score (nSPS) is 11.8. The molecule has 0 aliphatic carbocycles. The molecule has 2 heterocycles. The van der Waals surface area contributed by atoms with Gasteiger partial charge in [0.1, 0.15) is 11.5 Å². The molecule has 2 aromatic rings. The Morgan fingerprint density at radius 3 is 2.53 bits per heavy atom. The Bertz CT molecular complexity index is 528. The molecule has 0 spiro atoms. The van der Waals surface area contributed by atoms with Crippen LogP contribution >= 0.6 is 22.6 Å². The second-order valence-electron chi connectivity index (χ2n) is 4.70. The zero-order valence-corrected chi connectivity index (χ0v) is 12.0. The van der Waals surface area contributed by atoms with Gasteiger partial charge in [0.2, 0.25) is 0 Å². The summed E-state index contributed by atoms with van der Waals surface area (Å²) in [6, 6.07) is 0. The van der Waals surface area contributed by atoms with Crippen molar-refractivity contribution in [3.05, 3.63) is 15.5 Å². The van der Waals surface area contributed by atoms with Crippen LogP contribution in [0.4, 0.5) is 5.82 Å². The fraction of sp³-hybridized carbons (Fsp3) is 0.400. The number of aromatic amines is 1. The number of hydrogen-bond acceptors (Lipinski definition) is 5. The van der Waals surface area contributed by atoms with Crippen LogP contribution in [-0.2, 0) is 5.41 Å². The molecular formula is C10H13IN6. The van der Waals surface area contributed by atoms with Gasteiger partial charge < -0.3 is 5.73 Å². The van der Waals surface area contributed by atoms with Gasteiger partial charge in [-0.3, -0.25) is 0 Å². The van der Waals surface area contributed by atoms with Gasteiger partial charge >= 0.3 is 0 Å². The molecule has 0 amide bonds. The first-order chi connectivity index (χ1) is 7.89. The SMILES string of the molecule is CC(C)(C)c1nc(-c2cn[nH]n2)nc(N)c1I. The average Bonchev–Trinajstić information content (AvgIpc) is 2.73. The van der Waals surface area contributed by atoms with Gasteiger partial charge in [-0.25, -0.2) is 9.97 Å². The number of anilines is 1. The van der Waals surface area contributed by atoms with Crippen molar-refractivity contribution in [2.75, 3.05) is 5.73 Å². The molecule has 6 nitrogen and oxygen atoms in total. The largest absolute Gasteiger partial charge is 0.383 e. The Labute approximate surface area is 113 Å². The molecule has 0 atom stereocenters. The molecule has 0 radical (unpaired) electrons. The number of H-pyrrole nitrogens is 1. The van der Waals surface area contributed by atoms with Gasteiger partial charge in [0.25, 0.3) is 0 Å². The lowest BCUT2D eigenvalue weighted by molar-refractivity contribution is 0.564. The second kappa shape index (κ2) is 4.21. The van der Waals surface area contributed by atoms with E-state index in [1.54, 1.807) is 6.20 Å². The molecule has 17 heavy (non-hydrogen) atoms. The summed E-state index contributed by atoms with van der Waals surface area (Å²) in [6.45, 7) is 6.26. The van der Waals surface area contributed by atoms with Crippen LogP contribution < -0.4 is 5.73 Å². The van der Waals surface area contributed by atoms with Crippen LogP contribution in [0.25, 0.3) is 11.5 Å². The van der Waals surface area contributed by atoms with Crippen molar-refractivity contribution in [3.8, 4) is 11.5 Å². The third-order valence-corrected chi connectivity index (χ3v) is 3.29. The molecule has 3 N–H and O–H groups in total. The van der Waals surface area contributed by atoms with E-state index in [0.29, 0.717) is 17.3 Å². The van der Waals surface area contributed by atoms with Gasteiger partial charge in [-0.05, 0) is 22.6 Å². The van der Waals surface area contributed by atoms with Crippen molar-refractivity contribution < 1.29 is 0 Å². The molecule has 90 valence electrons. The second-order valence-corrected chi connectivity index (χ2v) is 5.78. The van der Waals surface area contributed by atoms with Crippen LogP contribution in [0.5, 0.6) is 0 Å². The molecule has 7 heteroatoms. The number of aromatic nitrogens is 5. The summed E-state index contributed by atoms with van der Waals surface area (Å²) in [5, 5.41) is 10.2. The van der Waals surface area contributed by atoms with Crippen LogP contribution in [0.2, 0.25) is 0 Å². The lowest BCUT2D eigenvalue weighted by Gasteiger charge is -2.20. The molecule has 0 aliphatic rings. The van der Waals surface area contributed by atoms with E-state index >= 15 is 0 Å². The fourth-order valence-corrected chi connectivity index (χ4v) is 2.44. The van der Waals surface area contributed by atoms with Crippen molar-refractivity contribution in [2.24, 2.45) is 0 Å². The van der Waals surface area contributed by atoms with E-state index in [1.807, 2.05) is 0 Å². The van der Waals surface area contributed by atoms with Gasteiger partial charge in [-0.1, -0.05) is 20.8 Å². The molecule has 0 aliphatic heterocycles. The average molecular weight is 344 g/mol. The topological polar surface area (TPSA) is 93.4 Å². The van der Waals surface area contributed by atoms with Crippen molar-refractivity contribution in [1.29, 1.82) is 0 Å². The third kappa shape index (κ3) is 2.38. The standard InChI is InChI=1S/C10H13IN6/c1-10(2,3)7-6(11)8(12)15-9(14-7)5-4-13-17-16-5/h4H,1-3H3,(H2,12,14,15)(H,13,16,17). The zero-order valence-electron chi connectivity index (χ0n) is 9.82. The molecule has 0 saturated carbocycles. The number of nitrogens with two attached hydrogens (primary N) is 1. The van der Waals surface area contributed by atoms with Gasteiger partial charge in [0.05, 0.1) is 15.5 Å². The summed E-state index contributed by atoms with van der Waals surface area (Å²) in [5.74, 6) is 0.977. The summed E-state index contributed by atoms with van der Waals surface area (Å²) < 4.78 is 0.891. The molecule has 2 rings (SSSR count). The summed E-state index contributed by atoms with van der Waals surface area (Å²) in [5.41, 5.74) is 7.33. The summed E-state index contributed by atoms with van der Waals surface area (Å²) >= 11 is 2.17. The first-order valence-corrected chi connectivity index (χ1v) is 6.17. The van der Waals surface area contributed by atoms with Gasteiger partial charge in [-0.15, -0.1) is 0 Å². The van der Waals surface area contributed by atoms with E-state index in [2.05, 4.69) is 68.7 Å². The van der Waals surface area contributed by atoms with Gasteiger partial charge in [0.15, 0.2) is 5.82 Å². The van der Waals surface area contributed by atoms with Crippen molar-refractivity contribution in [2.45, 2.75) is 26.2 Å². The predicted molar refractivity (Wildman–Crippen MR) is 73.2 cm³/mol.